The van der Waals surface area contributed by atoms with Crippen molar-refractivity contribution in [3.8, 4) is 11.3 Å². The maximum absolute atomic E-state index is 13.0. The number of benzene rings is 2. The Morgan fingerprint density at radius 3 is 2.39 bits per heavy atom. The van der Waals surface area contributed by atoms with E-state index < -0.39 is 34.3 Å². The number of ether oxygens (including phenoxy) is 1. The molecule has 0 radical (unpaired) electrons. The van der Waals surface area contributed by atoms with E-state index in [1.807, 2.05) is 0 Å². The Kier molecular flexibility index (Phi) is 7.62. The van der Waals surface area contributed by atoms with Crippen LogP contribution in [0.2, 0.25) is 0 Å². The van der Waals surface area contributed by atoms with Gasteiger partial charge in [-0.15, -0.1) is 0 Å². The van der Waals surface area contributed by atoms with E-state index in [4.69, 9.17) is 9.15 Å². The van der Waals surface area contributed by atoms with E-state index in [2.05, 4.69) is 5.32 Å². The quantitative estimate of drug-likeness (QED) is 0.472. The maximum Gasteiger partial charge on any atom is 0.374 e. The summed E-state index contributed by atoms with van der Waals surface area (Å²) >= 11 is 0. The molecule has 10 heteroatoms. The third kappa shape index (κ3) is 5.85. The number of halogens is 1. The second kappa shape index (κ2) is 10.4. The Labute approximate surface area is 191 Å². The molecular formula is C23H23FN2O6S. The van der Waals surface area contributed by atoms with E-state index >= 15 is 0 Å². The number of hydrogen-bond donors (Lipinski definition) is 1. The SMILES string of the molecule is CCN(CC)S(=O)(=O)c1cccc(NC(=O)COC(=O)c2ccc(-c3ccc(F)cc3)o2)c1. The molecule has 3 aromatic rings. The van der Waals surface area contributed by atoms with Crippen molar-refractivity contribution in [1.82, 2.24) is 4.31 Å². The molecule has 0 saturated carbocycles. The third-order valence-electron chi connectivity index (χ3n) is 4.73. The standard InChI is InChI=1S/C23H23FN2O6S/c1-3-26(4-2)33(29,30)19-7-5-6-18(14-19)25-22(27)15-31-23(28)21-13-12-20(32-21)16-8-10-17(24)11-9-16/h5-14H,3-4,15H2,1-2H3,(H,25,27). The van der Waals surface area contributed by atoms with Gasteiger partial charge in [0.05, 0.1) is 4.90 Å². The van der Waals surface area contributed by atoms with E-state index in [1.165, 1.54) is 65.0 Å². The summed E-state index contributed by atoms with van der Waals surface area (Å²) in [6.45, 7) is 3.52. The second-order valence-corrected chi connectivity index (χ2v) is 8.85. The molecule has 1 amide bonds. The van der Waals surface area contributed by atoms with Crippen LogP contribution in [0.15, 0.2) is 70.0 Å². The first kappa shape index (κ1) is 24.1. The van der Waals surface area contributed by atoms with Crippen LogP contribution in [-0.4, -0.2) is 44.3 Å². The highest BCUT2D eigenvalue weighted by atomic mass is 32.2. The molecule has 0 bridgehead atoms. The van der Waals surface area contributed by atoms with Gasteiger partial charge in [0.1, 0.15) is 11.6 Å². The number of hydrogen-bond acceptors (Lipinski definition) is 6. The molecule has 0 saturated heterocycles. The molecule has 33 heavy (non-hydrogen) atoms. The van der Waals surface area contributed by atoms with E-state index in [0.717, 1.165) is 0 Å². The minimum Gasteiger partial charge on any atom is -0.450 e. The van der Waals surface area contributed by atoms with Gasteiger partial charge in [-0.25, -0.2) is 17.6 Å². The lowest BCUT2D eigenvalue weighted by atomic mass is 10.2. The van der Waals surface area contributed by atoms with Gasteiger partial charge in [0.2, 0.25) is 15.8 Å². The van der Waals surface area contributed by atoms with Crippen LogP contribution >= 0.6 is 0 Å². The maximum atomic E-state index is 13.0. The number of carbonyl (C=O) groups is 2. The first-order valence-corrected chi connectivity index (χ1v) is 11.6. The Morgan fingerprint density at radius 1 is 1.03 bits per heavy atom. The molecule has 0 aliphatic carbocycles. The van der Waals surface area contributed by atoms with Gasteiger partial charge >= 0.3 is 5.97 Å². The smallest absolute Gasteiger partial charge is 0.374 e. The number of carbonyl (C=O) groups excluding carboxylic acids is 2. The van der Waals surface area contributed by atoms with Crippen molar-refractivity contribution in [3.05, 3.63) is 72.2 Å². The zero-order chi connectivity index (χ0) is 24.0. The number of furan rings is 1. The average Bonchev–Trinajstić information content (AvgIpc) is 3.29. The molecule has 8 nitrogen and oxygen atoms in total. The highest BCUT2D eigenvalue weighted by Crippen LogP contribution is 2.23. The summed E-state index contributed by atoms with van der Waals surface area (Å²) in [5.41, 5.74) is 0.827. The zero-order valence-electron chi connectivity index (χ0n) is 18.1. The van der Waals surface area contributed by atoms with Crippen LogP contribution in [-0.2, 0) is 19.6 Å². The molecule has 0 unspecified atom stereocenters. The molecule has 0 spiro atoms. The molecule has 3 rings (SSSR count). The summed E-state index contributed by atoms with van der Waals surface area (Å²) < 4.78 is 50.0. The summed E-state index contributed by atoms with van der Waals surface area (Å²) in [4.78, 5) is 24.4. The normalized spacial score (nSPS) is 11.4. The van der Waals surface area contributed by atoms with Gasteiger partial charge in [-0.2, -0.15) is 4.31 Å². The van der Waals surface area contributed by atoms with Crippen LogP contribution in [0.1, 0.15) is 24.4 Å². The van der Waals surface area contributed by atoms with Gasteiger partial charge in [0.15, 0.2) is 6.61 Å². The Hall–Kier alpha value is -3.50. The Bertz CT molecular complexity index is 1230. The second-order valence-electron chi connectivity index (χ2n) is 6.91. The van der Waals surface area contributed by atoms with Gasteiger partial charge in [0.25, 0.3) is 5.91 Å². The molecule has 1 N–H and O–H groups in total. The average molecular weight is 475 g/mol. The number of rotatable bonds is 9. The lowest BCUT2D eigenvalue weighted by Crippen LogP contribution is -2.30. The molecule has 0 aliphatic rings. The summed E-state index contributed by atoms with van der Waals surface area (Å²) in [5, 5.41) is 2.51. The van der Waals surface area contributed by atoms with Crippen molar-refractivity contribution < 1.29 is 31.6 Å². The Balaban J connectivity index is 1.60. The highest BCUT2D eigenvalue weighted by Gasteiger charge is 2.22. The van der Waals surface area contributed by atoms with E-state index in [9.17, 15) is 22.4 Å². The highest BCUT2D eigenvalue weighted by molar-refractivity contribution is 7.89. The van der Waals surface area contributed by atoms with E-state index in [0.29, 0.717) is 24.4 Å². The van der Waals surface area contributed by atoms with Crippen molar-refractivity contribution >= 4 is 27.6 Å². The van der Waals surface area contributed by atoms with Gasteiger partial charge in [-0.3, -0.25) is 4.79 Å². The van der Waals surface area contributed by atoms with Crippen molar-refractivity contribution in [2.75, 3.05) is 25.0 Å². The van der Waals surface area contributed by atoms with E-state index in [-0.39, 0.29) is 16.3 Å². The van der Waals surface area contributed by atoms with Crippen LogP contribution in [0.5, 0.6) is 0 Å². The van der Waals surface area contributed by atoms with Crippen LogP contribution < -0.4 is 5.32 Å². The lowest BCUT2D eigenvalue weighted by molar-refractivity contribution is -0.119. The monoisotopic (exact) mass is 474 g/mol. The number of amides is 1. The zero-order valence-corrected chi connectivity index (χ0v) is 18.9. The fourth-order valence-electron chi connectivity index (χ4n) is 3.06. The first-order valence-electron chi connectivity index (χ1n) is 10.2. The summed E-state index contributed by atoms with van der Waals surface area (Å²) in [6, 6.07) is 14.3. The predicted octanol–water partition coefficient (Wildman–Crippen LogP) is 3.91. The first-order chi connectivity index (χ1) is 15.7. The lowest BCUT2D eigenvalue weighted by Gasteiger charge is -2.18. The van der Waals surface area contributed by atoms with Gasteiger partial charge in [-0.1, -0.05) is 19.9 Å². The molecule has 1 aromatic heterocycles. The van der Waals surface area contributed by atoms with Gasteiger partial charge in [-0.05, 0) is 54.6 Å². The largest absolute Gasteiger partial charge is 0.450 e. The fraction of sp³-hybridized carbons (Fsp3) is 0.217. The molecular weight excluding hydrogens is 451 g/mol. The summed E-state index contributed by atoms with van der Waals surface area (Å²) in [5.74, 6) is -1.67. The predicted molar refractivity (Wildman–Crippen MR) is 120 cm³/mol. The van der Waals surface area contributed by atoms with E-state index in [1.54, 1.807) is 13.8 Å². The molecule has 2 aromatic carbocycles. The third-order valence-corrected chi connectivity index (χ3v) is 6.78. The van der Waals surface area contributed by atoms with Crippen LogP contribution in [0, 0.1) is 5.82 Å². The Morgan fingerprint density at radius 2 is 1.73 bits per heavy atom. The molecule has 1 heterocycles. The minimum atomic E-state index is -3.68. The van der Waals surface area contributed by atoms with Crippen molar-refractivity contribution in [3.63, 3.8) is 0 Å². The fourth-order valence-corrected chi connectivity index (χ4v) is 4.57. The van der Waals surface area contributed by atoms with Gasteiger partial charge in [0, 0.05) is 24.3 Å². The minimum absolute atomic E-state index is 0.0462. The number of nitrogens with one attached hydrogen (secondary N) is 1. The molecule has 174 valence electrons. The van der Waals surface area contributed by atoms with Gasteiger partial charge < -0.3 is 14.5 Å². The number of esters is 1. The molecule has 0 fully saturated rings. The molecule has 0 aliphatic heterocycles. The van der Waals surface area contributed by atoms with Crippen molar-refractivity contribution in [2.45, 2.75) is 18.7 Å². The number of anilines is 1. The topological polar surface area (TPSA) is 106 Å². The van der Waals surface area contributed by atoms with Crippen molar-refractivity contribution in [2.24, 2.45) is 0 Å². The molecule has 0 atom stereocenters. The van der Waals surface area contributed by atoms with Crippen LogP contribution in [0.25, 0.3) is 11.3 Å². The summed E-state index contributed by atoms with van der Waals surface area (Å²) in [6.07, 6.45) is 0. The van der Waals surface area contributed by atoms with Crippen molar-refractivity contribution in [1.29, 1.82) is 0 Å². The van der Waals surface area contributed by atoms with Crippen LogP contribution in [0.3, 0.4) is 0 Å². The van der Waals surface area contributed by atoms with Crippen LogP contribution in [0.4, 0.5) is 10.1 Å². The summed E-state index contributed by atoms with van der Waals surface area (Å²) in [7, 11) is -3.68. The number of nitrogens with zero attached hydrogens (tertiary/aromatic N) is 1. The number of sulfonamides is 1.